The van der Waals surface area contributed by atoms with Gasteiger partial charge in [0, 0.05) is 12.2 Å². The van der Waals surface area contributed by atoms with Gasteiger partial charge in [0.05, 0.1) is 5.69 Å². The zero-order valence-electron chi connectivity index (χ0n) is 11.6. The molecule has 1 aromatic heterocycles. The number of nitrogens with one attached hydrogen (secondary N) is 1. The van der Waals surface area contributed by atoms with Crippen LogP contribution in [0.25, 0.3) is 0 Å². The van der Waals surface area contributed by atoms with Crippen LogP contribution in [0.2, 0.25) is 0 Å². The van der Waals surface area contributed by atoms with Gasteiger partial charge >= 0.3 is 0 Å². The number of aromatic nitrogens is 2. The van der Waals surface area contributed by atoms with E-state index in [4.69, 9.17) is 0 Å². The Hall–Kier alpha value is -0.830. The molecule has 0 unspecified atom stereocenters. The van der Waals surface area contributed by atoms with Crippen molar-refractivity contribution in [2.75, 3.05) is 13.1 Å². The minimum absolute atomic E-state index is 1.04. The van der Waals surface area contributed by atoms with Gasteiger partial charge in [0.25, 0.3) is 0 Å². The van der Waals surface area contributed by atoms with Crippen molar-refractivity contribution in [1.82, 2.24) is 15.1 Å². The Morgan fingerprint density at radius 1 is 1.12 bits per heavy atom. The fraction of sp³-hybridized carbons (Fsp3) is 0.786. The predicted molar refractivity (Wildman–Crippen MR) is 73.4 cm³/mol. The molecule has 0 aliphatic heterocycles. The first-order valence-corrected chi connectivity index (χ1v) is 7.08. The first-order chi connectivity index (χ1) is 8.31. The van der Waals surface area contributed by atoms with Gasteiger partial charge in [-0.1, -0.05) is 27.2 Å². The standard InChI is InChI=1S/C14H27N3/c1-4-13-12-14(5-2)17(16-13)11-9-7-8-10-15-6-3/h12,15H,4-11H2,1-3H3. The lowest BCUT2D eigenvalue weighted by molar-refractivity contribution is 0.516. The summed E-state index contributed by atoms with van der Waals surface area (Å²) in [6.07, 6.45) is 5.93. The highest BCUT2D eigenvalue weighted by molar-refractivity contribution is 5.10. The van der Waals surface area contributed by atoms with Crippen LogP contribution in [0.15, 0.2) is 6.07 Å². The smallest absolute Gasteiger partial charge is 0.0624 e. The molecule has 1 N–H and O–H groups in total. The Morgan fingerprint density at radius 3 is 2.59 bits per heavy atom. The van der Waals surface area contributed by atoms with Gasteiger partial charge in [-0.2, -0.15) is 5.10 Å². The molecule has 0 radical (unpaired) electrons. The van der Waals surface area contributed by atoms with Crippen molar-refractivity contribution < 1.29 is 0 Å². The van der Waals surface area contributed by atoms with Crippen LogP contribution in [0, 0.1) is 0 Å². The Bertz CT molecular complexity index is 304. The van der Waals surface area contributed by atoms with E-state index in [1.165, 1.54) is 30.7 Å². The van der Waals surface area contributed by atoms with Gasteiger partial charge in [-0.15, -0.1) is 0 Å². The molecule has 3 heteroatoms. The lowest BCUT2D eigenvalue weighted by atomic mass is 10.2. The molecule has 0 aliphatic carbocycles. The lowest BCUT2D eigenvalue weighted by Crippen LogP contribution is -2.14. The predicted octanol–water partition coefficient (Wildman–Crippen LogP) is 2.79. The normalized spacial score (nSPS) is 11.0. The van der Waals surface area contributed by atoms with Crippen molar-refractivity contribution in [2.24, 2.45) is 0 Å². The maximum absolute atomic E-state index is 4.63. The number of aryl methyl sites for hydroxylation is 3. The second-order valence-electron chi connectivity index (χ2n) is 4.47. The van der Waals surface area contributed by atoms with Crippen LogP contribution in [0.4, 0.5) is 0 Å². The van der Waals surface area contributed by atoms with E-state index in [1.807, 2.05) is 0 Å². The van der Waals surface area contributed by atoms with E-state index in [0.29, 0.717) is 0 Å². The molecule has 1 rings (SSSR count). The summed E-state index contributed by atoms with van der Waals surface area (Å²) in [7, 11) is 0. The molecular formula is C14H27N3. The average molecular weight is 237 g/mol. The zero-order chi connectivity index (χ0) is 12.5. The molecule has 1 heterocycles. The van der Waals surface area contributed by atoms with Gasteiger partial charge < -0.3 is 5.32 Å². The van der Waals surface area contributed by atoms with Gasteiger partial charge in [0.2, 0.25) is 0 Å². The number of rotatable bonds is 9. The van der Waals surface area contributed by atoms with Crippen molar-refractivity contribution in [3.05, 3.63) is 17.5 Å². The van der Waals surface area contributed by atoms with Crippen LogP contribution in [-0.4, -0.2) is 22.9 Å². The minimum Gasteiger partial charge on any atom is -0.317 e. The molecule has 3 nitrogen and oxygen atoms in total. The molecule has 0 saturated carbocycles. The highest BCUT2D eigenvalue weighted by Gasteiger charge is 2.04. The molecule has 0 fully saturated rings. The van der Waals surface area contributed by atoms with Crippen molar-refractivity contribution in [3.63, 3.8) is 0 Å². The number of unbranched alkanes of at least 4 members (excludes halogenated alkanes) is 2. The minimum atomic E-state index is 1.04. The summed E-state index contributed by atoms with van der Waals surface area (Å²) < 4.78 is 2.20. The van der Waals surface area contributed by atoms with Crippen LogP contribution in [0.5, 0.6) is 0 Å². The Morgan fingerprint density at radius 2 is 1.94 bits per heavy atom. The summed E-state index contributed by atoms with van der Waals surface area (Å²) >= 11 is 0. The second kappa shape index (κ2) is 8.29. The topological polar surface area (TPSA) is 29.9 Å². The van der Waals surface area contributed by atoms with E-state index in [1.54, 1.807) is 0 Å². The maximum atomic E-state index is 4.63. The maximum Gasteiger partial charge on any atom is 0.0624 e. The van der Waals surface area contributed by atoms with Crippen molar-refractivity contribution in [3.8, 4) is 0 Å². The number of hydrogen-bond donors (Lipinski definition) is 1. The Kier molecular flexibility index (Phi) is 6.94. The van der Waals surface area contributed by atoms with E-state index in [-0.39, 0.29) is 0 Å². The second-order valence-corrected chi connectivity index (χ2v) is 4.47. The average Bonchev–Trinajstić information content (AvgIpc) is 2.76. The van der Waals surface area contributed by atoms with Gasteiger partial charge in [-0.3, -0.25) is 4.68 Å². The molecule has 17 heavy (non-hydrogen) atoms. The molecular weight excluding hydrogens is 210 g/mol. The van der Waals surface area contributed by atoms with E-state index in [9.17, 15) is 0 Å². The van der Waals surface area contributed by atoms with Crippen molar-refractivity contribution in [1.29, 1.82) is 0 Å². The van der Waals surface area contributed by atoms with Crippen LogP contribution < -0.4 is 5.32 Å². The van der Waals surface area contributed by atoms with Gasteiger partial charge in [0.15, 0.2) is 0 Å². The summed E-state index contributed by atoms with van der Waals surface area (Å²) in [6, 6.07) is 2.25. The first kappa shape index (κ1) is 14.2. The lowest BCUT2D eigenvalue weighted by Gasteiger charge is -2.06. The summed E-state index contributed by atoms with van der Waals surface area (Å²) in [5.41, 5.74) is 2.61. The third kappa shape index (κ3) is 4.90. The summed E-state index contributed by atoms with van der Waals surface area (Å²) in [5.74, 6) is 0. The first-order valence-electron chi connectivity index (χ1n) is 7.08. The molecule has 0 amide bonds. The fourth-order valence-electron chi connectivity index (χ4n) is 2.03. The van der Waals surface area contributed by atoms with Crippen LogP contribution in [0.1, 0.15) is 51.4 Å². The summed E-state index contributed by atoms with van der Waals surface area (Å²) in [4.78, 5) is 0. The molecule has 0 aromatic carbocycles. The van der Waals surface area contributed by atoms with Crippen LogP contribution in [0.3, 0.4) is 0 Å². The molecule has 0 saturated heterocycles. The number of nitrogens with zero attached hydrogens (tertiary/aromatic N) is 2. The summed E-state index contributed by atoms with van der Waals surface area (Å²) in [6.45, 7) is 9.84. The monoisotopic (exact) mass is 237 g/mol. The largest absolute Gasteiger partial charge is 0.317 e. The fourth-order valence-corrected chi connectivity index (χ4v) is 2.03. The van der Waals surface area contributed by atoms with Crippen molar-refractivity contribution >= 4 is 0 Å². The zero-order valence-corrected chi connectivity index (χ0v) is 11.6. The van der Waals surface area contributed by atoms with Crippen LogP contribution in [-0.2, 0) is 19.4 Å². The summed E-state index contributed by atoms with van der Waals surface area (Å²) in [5, 5.41) is 7.99. The van der Waals surface area contributed by atoms with E-state index >= 15 is 0 Å². The van der Waals surface area contributed by atoms with Crippen molar-refractivity contribution in [2.45, 2.75) is 59.4 Å². The molecule has 0 spiro atoms. The van der Waals surface area contributed by atoms with Gasteiger partial charge in [-0.25, -0.2) is 0 Å². The highest BCUT2D eigenvalue weighted by Crippen LogP contribution is 2.08. The highest BCUT2D eigenvalue weighted by atomic mass is 15.3. The van der Waals surface area contributed by atoms with Gasteiger partial charge in [0.1, 0.15) is 0 Å². The SMILES string of the molecule is CCNCCCCCn1nc(CC)cc1CC. The van der Waals surface area contributed by atoms with E-state index < -0.39 is 0 Å². The third-order valence-electron chi connectivity index (χ3n) is 3.11. The molecule has 0 aliphatic rings. The molecule has 1 aromatic rings. The third-order valence-corrected chi connectivity index (χ3v) is 3.11. The Labute approximate surface area is 106 Å². The Balaban J connectivity index is 2.28. The molecule has 0 atom stereocenters. The molecule has 98 valence electrons. The molecule has 0 bridgehead atoms. The van der Waals surface area contributed by atoms with E-state index in [0.717, 1.165) is 32.5 Å². The number of hydrogen-bond acceptors (Lipinski definition) is 2. The quantitative estimate of drug-likeness (QED) is 0.669. The van der Waals surface area contributed by atoms with E-state index in [2.05, 4.69) is 41.9 Å². The van der Waals surface area contributed by atoms with Gasteiger partial charge in [-0.05, 0) is 44.8 Å². The van der Waals surface area contributed by atoms with Crippen LogP contribution >= 0.6 is 0 Å².